The molecule has 1 aromatic rings. The molecule has 8 nitrogen and oxygen atoms in total. The summed E-state index contributed by atoms with van der Waals surface area (Å²) in [5.41, 5.74) is 0.851. The molecule has 3 aliphatic rings. The van der Waals surface area contributed by atoms with E-state index in [9.17, 15) is 9.59 Å². The van der Waals surface area contributed by atoms with Gasteiger partial charge in [-0.3, -0.25) is 10.1 Å². The molecule has 2 saturated heterocycles. The van der Waals surface area contributed by atoms with E-state index in [1.807, 2.05) is 11.0 Å². The largest absolute Gasteiger partial charge is 0.340 e. The van der Waals surface area contributed by atoms with E-state index < -0.39 is 18.2 Å². The van der Waals surface area contributed by atoms with E-state index in [-0.39, 0.29) is 5.91 Å². The van der Waals surface area contributed by atoms with Crippen LogP contribution in [0.3, 0.4) is 0 Å². The molecule has 4 rings (SSSR count). The topological polar surface area (TPSA) is 71.5 Å². The van der Waals surface area contributed by atoms with Gasteiger partial charge in [0.05, 0.1) is 0 Å². The number of nitrogens with one attached hydrogen (secondary N) is 1. The van der Waals surface area contributed by atoms with Crippen molar-refractivity contribution in [1.82, 2.24) is 24.9 Å². The van der Waals surface area contributed by atoms with Gasteiger partial charge in [0.2, 0.25) is 0 Å². The quantitative estimate of drug-likeness (QED) is 0.776. The molecule has 0 spiro atoms. The Morgan fingerprint density at radius 3 is 2.55 bits per heavy atom. The van der Waals surface area contributed by atoms with Gasteiger partial charge >= 0.3 is 6.03 Å². The van der Waals surface area contributed by atoms with Crippen LogP contribution in [0.5, 0.6) is 0 Å². The zero-order valence-corrected chi connectivity index (χ0v) is 17.9. The number of nitrogens with zero attached hydrogens (tertiary/aromatic N) is 5. The van der Waals surface area contributed by atoms with Crippen LogP contribution in [-0.4, -0.2) is 89.5 Å². The van der Waals surface area contributed by atoms with E-state index in [1.54, 1.807) is 19.2 Å². The number of piperazine rings is 1. The molecule has 156 valence electrons. The van der Waals surface area contributed by atoms with Crippen LogP contribution in [0.25, 0.3) is 0 Å². The second-order valence-electron chi connectivity index (χ2n) is 7.48. The summed E-state index contributed by atoms with van der Waals surface area (Å²) in [4.78, 5) is 37.7. The van der Waals surface area contributed by atoms with Crippen LogP contribution < -0.4 is 5.32 Å². The molecule has 29 heavy (non-hydrogen) atoms. The first kappa shape index (κ1) is 20.3. The van der Waals surface area contributed by atoms with Crippen molar-refractivity contribution in [2.45, 2.75) is 25.7 Å². The summed E-state index contributed by atoms with van der Waals surface area (Å²) in [6.07, 6.45) is -0.554. The lowest BCUT2D eigenvalue weighted by Crippen LogP contribution is -2.64. The number of urea groups is 1. The summed E-state index contributed by atoms with van der Waals surface area (Å²) in [5, 5.41) is 3.53. The minimum atomic E-state index is -0.594. The Morgan fingerprint density at radius 1 is 1.17 bits per heavy atom. The van der Waals surface area contributed by atoms with Gasteiger partial charge in [0.15, 0.2) is 18.2 Å². The molecule has 3 heterocycles. The summed E-state index contributed by atoms with van der Waals surface area (Å²) in [6.45, 7) is 7.06. The molecule has 1 N–H and O–H groups in total. The number of imide groups is 1. The van der Waals surface area contributed by atoms with Crippen LogP contribution in [0, 0.1) is 0 Å². The Kier molecular flexibility index (Phi) is 5.59. The van der Waals surface area contributed by atoms with Crippen LogP contribution in [0.4, 0.5) is 4.79 Å². The van der Waals surface area contributed by atoms with Crippen LogP contribution in [0.1, 0.15) is 12.5 Å². The highest BCUT2D eigenvalue weighted by molar-refractivity contribution is 6.35. The molecule has 3 amide bonds. The zero-order chi connectivity index (χ0) is 20.7. The number of amides is 3. The lowest BCUT2D eigenvalue weighted by atomic mass is 10.1. The Morgan fingerprint density at radius 2 is 1.90 bits per heavy atom. The molecule has 2 fully saturated rings. The van der Waals surface area contributed by atoms with Crippen molar-refractivity contribution in [2.24, 2.45) is 4.99 Å². The summed E-state index contributed by atoms with van der Waals surface area (Å²) < 4.78 is 0. The molecule has 1 aromatic carbocycles. The Hall–Kier alpha value is -2.03. The third-order valence-corrected chi connectivity index (χ3v) is 6.38. The van der Waals surface area contributed by atoms with Crippen molar-refractivity contribution < 1.29 is 9.59 Å². The Labute approximate surface area is 180 Å². The molecule has 2 atom stereocenters. The van der Waals surface area contributed by atoms with Crippen LogP contribution in [0.15, 0.2) is 23.2 Å². The number of carbonyl (C=O) groups is 2. The third kappa shape index (κ3) is 3.76. The first-order valence-corrected chi connectivity index (χ1v) is 10.5. The van der Waals surface area contributed by atoms with Crippen molar-refractivity contribution >= 4 is 41.1 Å². The first-order chi connectivity index (χ1) is 13.9. The number of aliphatic imine (C=N–C) groups is 1. The van der Waals surface area contributed by atoms with Crippen molar-refractivity contribution in [1.29, 1.82) is 0 Å². The Bertz CT molecular complexity index is 855. The summed E-state index contributed by atoms with van der Waals surface area (Å²) in [7, 11) is 1.66. The van der Waals surface area contributed by atoms with Gasteiger partial charge in [0.25, 0.3) is 5.91 Å². The fraction of sp³-hybridized carbons (Fsp3) is 0.526. The Balaban J connectivity index is 1.66. The normalized spacial score (nSPS) is 25.2. The highest BCUT2D eigenvalue weighted by Crippen LogP contribution is 2.30. The van der Waals surface area contributed by atoms with Crippen LogP contribution in [0.2, 0.25) is 10.0 Å². The fourth-order valence-electron chi connectivity index (χ4n) is 4.04. The smallest absolute Gasteiger partial charge is 0.325 e. The van der Waals surface area contributed by atoms with E-state index in [0.717, 1.165) is 44.2 Å². The average Bonchev–Trinajstić information content (AvgIpc) is 3.08. The number of guanidine groups is 1. The molecule has 0 bridgehead atoms. The molecular weight excluding hydrogens is 415 g/mol. The number of likely N-dealkylation sites (N-methyl/N-ethyl adjacent to an activating group) is 2. The van der Waals surface area contributed by atoms with Gasteiger partial charge in [-0.05, 0) is 24.2 Å². The summed E-state index contributed by atoms with van der Waals surface area (Å²) >= 11 is 12.4. The molecule has 0 aromatic heterocycles. The maximum atomic E-state index is 12.7. The van der Waals surface area contributed by atoms with E-state index in [1.165, 1.54) is 4.90 Å². The zero-order valence-electron chi connectivity index (χ0n) is 16.4. The number of hydrogen-bond donors (Lipinski definition) is 1. The number of carbonyl (C=O) groups excluding carboxylic acids is 2. The van der Waals surface area contributed by atoms with E-state index in [0.29, 0.717) is 16.6 Å². The van der Waals surface area contributed by atoms with Crippen molar-refractivity contribution in [3.05, 3.63) is 33.8 Å². The van der Waals surface area contributed by atoms with Gasteiger partial charge in [-0.1, -0.05) is 36.2 Å². The molecule has 3 aliphatic heterocycles. The van der Waals surface area contributed by atoms with Gasteiger partial charge in [-0.2, -0.15) is 0 Å². The SMILES string of the molecule is CCN1CCN(C2=NC3C(C(=O)NC(=O)N3C)N2Cc2ccc(Cl)cc2Cl)CC1. The molecular formula is C19H24Cl2N6O2. The minimum absolute atomic E-state index is 0.339. The molecule has 0 saturated carbocycles. The van der Waals surface area contributed by atoms with Crippen LogP contribution in [-0.2, 0) is 11.3 Å². The molecule has 10 heteroatoms. The highest BCUT2D eigenvalue weighted by atomic mass is 35.5. The number of benzene rings is 1. The van der Waals surface area contributed by atoms with Gasteiger partial charge in [-0.15, -0.1) is 0 Å². The highest BCUT2D eigenvalue weighted by Gasteiger charge is 2.49. The number of fused-ring (bicyclic) bond motifs is 1. The fourth-order valence-corrected chi connectivity index (χ4v) is 4.51. The van der Waals surface area contributed by atoms with Crippen molar-refractivity contribution in [3.8, 4) is 0 Å². The van der Waals surface area contributed by atoms with E-state index >= 15 is 0 Å². The van der Waals surface area contributed by atoms with Gasteiger partial charge in [0, 0.05) is 49.8 Å². The number of rotatable bonds is 3. The number of halogens is 2. The predicted molar refractivity (Wildman–Crippen MR) is 112 cm³/mol. The lowest BCUT2D eigenvalue weighted by Gasteiger charge is -2.40. The molecule has 2 unspecified atom stereocenters. The van der Waals surface area contributed by atoms with E-state index in [4.69, 9.17) is 28.2 Å². The van der Waals surface area contributed by atoms with Crippen LogP contribution >= 0.6 is 23.2 Å². The van der Waals surface area contributed by atoms with E-state index in [2.05, 4.69) is 22.0 Å². The minimum Gasteiger partial charge on any atom is -0.340 e. The van der Waals surface area contributed by atoms with Crippen molar-refractivity contribution in [2.75, 3.05) is 39.8 Å². The first-order valence-electron chi connectivity index (χ1n) is 9.72. The maximum absolute atomic E-state index is 12.7. The second kappa shape index (κ2) is 8.01. The summed E-state index contributed by atoms with van der Waals surface area (Å²) in [5.74, 6) is 0.396. The standard InChI is InChI=1S/C19H24Cl2N6O2/c1-3-25-6-8-26(9-7-25)18-22-16-15(17(28)23-19(29)24(16)2)27(18)11-12-4-5-13(20)10-14(12)21/h4-5,10,15-16H,3,6-9,11H2,1-2H3,(H,23,28,29). The predicted octanol–water partition coefficient (Wildman–Crippen LogP) is 1.68. The monoisotopic (exact) mass is 438 g/mol. The van der Waals surface area contributed by atoms with Gasteiger partial charge in [-0.25, -0.2) is 9.79 Å². The van der Waals surface area contributed by atoms with Gasteiger partial charge < -0.3 is 19.6 Å². The maximum Gasteiger partial charge on any atom is 0.325 e. The second-order valence-corrected chi connectivity index (χ2v) is 8.32. The molecule has 0 radical (unpaired) electrons. The molecule has 0 aliphatic carbocycles. The summed E-state index contributed by atoms with van der Waals surface area (Å²) in [6, 6.07) is 4.31. The van der Waals surface area contributed by atoms with Crippen molar-refractivity contribution in [3.63, 3.8) is 0 Å². The number of hydrogen-bond acceptors (Lipinski definition) is 6. The average molecular weight is 439 g/mol. The van der Waals surface area contributed by atoms with Gasteiger partial charge in [0.1, 0.15) is 0 Å². The lowest BCUT2D eigenvalue weighted by molar-refractivity contribution is -0.127. The third-order valence-electron chi connectivity index (χ3n) is 5.80.